The Kier molecular flexibility index (Phi) is 3.25. The lowest BCUT2D eigenvalue weighted by molar-refractivity contribution is -0.137. The zero-order valence-corrected chi connectivity index (χ0v) is 10.8. The van der Waals surface area contributed by atoms with Gasteiger partial charge in [-0.1, -0.05) is 18.2 Å². The summed E-state index contributed by atoms with van der Waals surface area (Å²) in [7, 11) is 0. The average molecular weight is 289 g/mol. The van der Waals surface area contributed by atoms with Crippen molar-refractivity contribution in [3.63, 3.8) is 0 Å². The zero-order valence-electron chi connectivity index (χ0n) is 10.8. The van der Waals surface area contributed by atoms with Crippen LogP contribution in [0.2, 0.25) is 0 Å². The standard InChI is InChI=1S/C16H10F3NO/c17-16(18,19)12-5-7-13(8-6-12)20-10-14-9-11-3-1-2-4-15(11)21-14/h1-10H. The molecule has 2 aromatic carbocycles. The van der Waals surface area contributed by atoms with Crippen molar-refractivity contribution in [2.75, 3.05) is 0 Å². The Bertz CT molecular complexity index is 752. The number of hydrogen-bond acceptors (Lipinski definition) is 2. The molecule has 0 amide bonds. The first kappa shape index (κ1) is 13.4. The summed E-state index contributed by atoms with van der Waals surface area (Å²) in [5.41, 5.74) is 0.486. The van der Waals surface area contributed by atoms with E-state index in [2.05, 4.69) is 4.99 Å². The van der Waals surface area contributed by atoms with Gasteiger partial charge in [0.2, 0.25) is 0 Å². The van der Waals surface area contributed by atoms with Gasteiger partial charge in [0.1, 0.15) is 11.3 Å². The van der Waals surface area contributed by atoms with Gasteiger partial charge in [0.15, 0.2) is 0 Å². The van der Waals surface area contributed by atoms with Crippen LogP contribution in [0.4, 0.5) is 18.9 Å². The van der Waals surface area contributed by atoms with E-state index >= 15 is 0 Å². The lowest BCUT2D eigenvalue weighted by Gasteiger charge is -2.05. The van der Waals surface area contributed by atoms with Crippen LogP contribution >= 0.6 is 0 Å². The highest BCUT2D eigenvalue weighted by Gasteiger charge is 2.29. The molecule has 0 saturated carbocycles. The van der Waals surface area contributed by atoms with Crippen LogP contribution in [0.15, 0.2) is 64.0 Å². The molecule has 0 aliphatic heterocycles. The van der Waals surface area contributed by atoms with E-state index in [9.17, 15) is 13.2 Å². The minimum absolute atomic E-state index is 0.434. The van der Waals surface area contributed by atoms with Crippen molar-refractivity contribution in [2.24, 2.45) is 4.99 Å². The molecule has 0 fully saturated rings. The molecule has 1 aromatic heterocycles. The summed E-state index contributed by atoms with van der Waals surface area (Å²) in [6.45, 7) is 0. The fourth-order valence-corrected chi connectivity index (χ4v) is 1.94. The van der Waals surface area contributed by atoms with Crippen LogP contribution < -0.4 is 0 Å². The largest absolute Gasteiger partial charge is 0.455 e. The van der Waals surface area contributed by atoms with Crippen LogP contribution in [0, 0.1) is 0 Å². The molecule has 106 valence electrons. The van der Waals surface area contributed by atoms with Crippen molar-refractivity contribution < 1.29 is 17.6 Å². The Balaban J connectivity index is 1.82. The first-order valence-electron chi connectivity index (χ1n) is 6.22. The second-order valence-electron chi connectivity index (χ2n) is 4.49. The van der Waals surface area contributed by atoms with Crippen LogP contribution in [0.25, 0.3) is 11.0 Å². The Morgan fingerprint density at radius 2 is 1.67 bits per heavy atom. The van der Waals surface area contributed by atoms with Gasteiger partial charge in [-0.3, -0.25) is 4.99 Å². The predicted molar refractivity (Wildman–Crippen MR) is 74.9 cm³/mol. The maximum absolute atomic E-state index is 12.4. The van der Waals surface area contributed by atoms with Gasteiger partial charge >= 0.3 is 6.18 Å². The lowest BCUT2D eigenvalue weighted by atomic mass is 10.2. The number of fused-ring (bicyclic) bond motifs is 1. The SMILES string of the molecule is FC(F)(F)c1ccc(N=Cc2cc3ccccc3o2)cc1. The van der Waals surface area contributed by atoms with Gasteiger partial charge < -0.3 is 4.42 Å². The molecule has 0 bridgehead atoms. The molecule has 0 N–H and O–H groups in total. The third kappa shape index (κ3) is 2.97. The first-order chi connectivity index (χ1) is 10.0. The topological polar surface area (TPSA) is 25.5 Å². The second kappa shape index (κ2) is 5.09. The predicted octanol–water partition coefficient (Wildman–Crippen LogP) is 5.20. The van der Waals surface area contributed by atoms with Gasteiger partial charge in [-0.25, -0.2) is 0 Å². The summed E-state index contributed by atoms with van der Waals surface area (Å²) in [6.07, 6.45) is -2.84. The van der Waals surface area contributed by atoms with Crippen molar-refractivity contribution in [2.45, 2.75) is 6.18 Å². The van der Waals surface area contributed by atoms with Crippen molar-refractivity contribution in [3.05, 3.63) is 65.9 Å². The molecule has 2 nitrogen and oxygen atoms in total. The van der Waals surface area contributed by atoms with Crippen LogP contribution in [-0.4, -0.2) is 6.21 Å². The summed E-state index contributed by atoms with van der Waals surface area (Å²) >= 11 is 0. The molecular formula is C16H10F3NO. The molecule has 1 heterocycles. The number of aliphatic imine (C=N–C) groups is 1. The summed E-state index contributed by atoms with van der Waals surface area (Å²) in [6, 6.07) is 14.0. The molecule has 0 aliphatic rings. The average Bonchev–Trinajstić information content (AvgIpc) is 2.87. The minimum Gasteiger partial charge on any atom is -0.455 e. The summed E-state index contributed by atoms with van der Waals surface area (Å²) in [5.74, 6) is 0.552. The van der Waals surface area contributed by atoms with Crippen molar-refractivity contribution in [1.82, 2.24) is 0 Å². The van der Waals surface area contributed by atoms with E-state index in [-0.39, 0.29) is 0 Å². The van der Waals surface area contributed by atoms with Crippen molar-refractivity contribution in [1.29, 1.82) is 0 Å². The number of furan rings is 1. The van der Waals surface area contributed by atoms with Crippen molar-refractivity contribution >= 4 is 22.9 Å². The Morgan fingerprint density at radius 1 is 0.952 bits per heavy atom. The number of halogens is 3. The molecular weight excluding hydrogens is 279 g/mol. The van der Waals surface area contributed by atoms with Gasteiger partial charge in [0.25, 0.3) is 0 Å². The van der Waals surface area contributed by atoms with Crippen LogP contribution in [-0.2, 0) is 6.18 Å². The highest BCUT2D eigenvalue weighted by Crippen LogP contribution is 2.30. The fraction of sp³-hybridized carbons (Fsp3) is 0.0625. The zero-order chi connectivity index (χ0) is 14.9. The summed E-state index contributed by atoms with van der Waals surface area (Å²) in [4.78, 5) is 4.11. The molecule has 0 aliphatic carbocycles. The maximum Gasteiger partial charge on any atom is 0.416 e. The quantitative estimate of drug-likeness (QED) is 0.595. The molecule has 0 unspecified atom stereocenters. The normalized spacial score (nSPS) is 12.3. The highest BCUT2D eigenvalue weighted by molar-refractivity contribution is 5.87. The van der Waals surface area contributed by atoms with Gasteiger partial charge in [-0.2, -0.15) is 13.2 Å². The molecule has 0 atom stereocenters. The van der Waals surface area contributed by atoms with E-state index < -0.39 is 11.7 Å². The van der Waals surface area contributed by atoms with Gasteiger partial charge in [-0.15, -0.1) is 0 Å². The lowest BCUT2D eigenvalue weighted by Crippen LogP contribution is -2.03. The molecule has 3 aromatic rings. The number of alkyl halides is 3. The first-order valence-corrected chi connectivity index (χ1v) is 6.22. The van der Waals surface area contributed by atoms with Gasteiger partial charge in [0, 0.05) is 5.39 Å². The van der Waals surface area contributed by atoms with Gasteiger partial charge in [-0.05, 0) is 36.4 Å². The molecule has 0 saturated heterocycles. The van der Waals surface area contributed by atoms with E-state index in [1.165, 1.54) is 18.3 Å². The number of benzene rings is 2. The van der Waals surface area contributed by atoms with E-state index in [1.54, 1.807) is 0 Å². The molecule has 0 spiro atoms. The third-order valence-electron chi connectivity index (χ3n) is 2.98. The molecule has 5 heteroatoms. The summed E-state index contributed by atoms with van der Waals surface area (Å²) < 4.78 is 42.8. The van der Waals surface area contributed by atoms with Crippen molar-refractivity contribution in [3.8, 4) is 0 Å². The van der Waals surface area contributed by atoms with Crippen LogP contribution in [0.1, 0.15) is 11.3 Å². The number of hydrogen-bond donors (Lipinski definition) is 0. The van der Waals surface area contributed by atoms with Gasteiger partial charge in [0.05, 0.1) is 17.5 Å². The van der Waals surface area contributed by atoms with E-state index in [1.807, 2.05) is 30.3 Å². The molecule has 21 heavy (non-hydrogen) atoms. The minimum atomic E-state index is -4.33. The number of nitrogens with zero attached hydrogens (tertiary/aromatic N) is 1. The monoisotopic (exact) mass is 289 g/mol. The number of para-hydroxylation sites is 1. The Morgan fingerprint density at radius 3 is 2.33 bits per heavy atom. The van der Waals surface area contributed by atoms with Crippen LogP contribution in [0.5, 0.6) is 0 Å². The third-order valence-corrected chi connectivity index (χ3v) is 2.98. The summed E-state index contributed by atoms with van der Waals surface area (Å²) in [5, 5.41) is 0.950. The van der Waals surface area contributed by atoms with Crippen LogP contribution in [0.3, 0.4) is 0 Å². The smallest absolute Gasteiger partial charge is 0.416 e. The van der Waals surface area contributed by atoms with E-state index in [0.29, 0.717) is 11.4 Å². The second-order valence-corrected chi connectivity index (χ2v) is 4.49. The molecule has 3 rings (SSSR count). The number of rotatable bonds is 2. The highest BCUT2D eigenvalue weighted by atomic mass is 19.4. The Hall–Kier alpha value is -2.56. The molecule has 0 radical (unpaired) electrons. The fourth-order valence-electron chi connectivity index (χ4n) is 1.94. The maximum atomic E-state index is 12.4. The Labute approximate surface area is 118 Å². The van der Waals surface area contributed by atoms with E-state index in [0.717, 1.165) is 23.1 Å². The van der Waals surface area contributed by atoms with E-state index in [4.69, 9.17) is 4.42 Å².